The molecule has 3 nitrogen and oxygen atoms in total. The van der Waals surface area contributed by atoms with Crippen molar-refractivity contribution in [1.29, 1.82) is 0 Å². The third-order valence-electron chi connectivity index (χ3n) is 2.51. The summed E-state index contributed by atoms with van der Waals surface area (Å²) < 4.78 is 0. The minimum Gasteiger partial charge on any atom is -0.316 e. The maximum atomic E-state index is 5.92. The number of hydrogen-bond acceptors (Lipinski definition) is 3. The molecular formula is C10H15N3. The van der Waals surface area contributed by atoms with Crippen molar-refractivity contribution in [2.75, 3.05) is 6.54 Å². The zero-order chi connectivity index (χ0) is 9.10. The lowest BCUT2D eigenvalue weighted by Crippen LogP contribution is -2.35. The first-order valence-electron chi connectivity index (χ1n) is 4.76. The predicted octanol–water partition coefficient (Wildman–Crippen LogP) is 0.962. The van der Waals surface area contributed by atoms with Gasteiger partial charge in [-0.05, 0) is 25.0 Å². The van der Waals surface area contributed by atoms with E-state index in [1.165, 1.54) is 6.42 Å². The smallest absolute Gasteiger partial charge is 0.0575 e. The van der Waals surface area contributed by atoms with Gasteiger partial charge in [0, 0.05) is 19.3 Å². The lowest BCUT2D eigenvalue weighted by molar-refractivity contribution is 0.247. The first kappa shape index (κ1) is 8.66. The average Bonchev–Trinajstić information content (AvgIpc) is 2.54. The van der Waals surface area contributed by atoms with Crippen LogP contribution in [-0.2, 0) is 6.54 Å². The molecular weight excluding hydrogens is 162 g/mol. The molecule has 0 amide bonds. The summed E-state index contributed by atoms with van der Waals surface area (Å²) in [5, 5.41) is 0. The molecule has 1 fully saturated rings. The molecule has 1 aliphatic rings. The Hall–Kier alpha value is -0.930. The molecule has 0 saturated carbocycles. The van der Waals surface area contributed by atoms with Crippen molar-refractivity contribution in [3.05, 3.63) is 30.1 Å². The van der Waals surface area contributed by atoms with Crippen molar-refractivity contribution >= 4 is 0 Å². The molecule has 0 radical (unpaired) electrons. The molecule has 2 N–H and O–H groups in total. The van der Waals surface area contributed by atoms with E-state index in [1.54, 1.807) is 0 Å². The maximum Gasteiger partial charge on any atom is 0.0575 e. The van der Waals surface area contributed by atoms with Crippen LogP contribution in [0.5, 0.6) is 0 Å². The Morgan fingerprint density at radius 2 is 2.46 bits per heavy atom. The van der Waals surface area contributed by atoms with Gasteiger partial charge in [-0.25, -0.2) is 0 Å². The van der Waals surface area contributed by atoms with Gasteiger partial charge in [0.15, 0.2) is 0 Å². The van der Waals surface area contributed by atoms with Crippen molar-refractivity contribution in [2.24, 2.45) is 5.73 Å². The molecule has 0 aromatic carbocycles. The van der Waals surface area contributed by atoms with E-state index >= 15 is 0 Å². The van der Waals surface area contributed by atoms with Gasteiger partial charge in [-0.1, -0.05) is 6.07 Å². The SMILES string of the molecule is NC1CCCN1Cc1ccccn1. The highest BCUT2D eigenvalue weighted by Crippen LogP contribution is 2.14. The van der Waals surface area contributed by atoms with Crippen LogP contribution in [0.1, 0.15) is 18.5 Å². The van der Waals surface area contributed by atoms with Crippen LogP contribution in [0.2, 0.25) is 0 Å². The summed E-state index contributed by atoms with van der Waals surface area (Å²) in [6.45, 7) is 2.00. The predicted molar refractivity (Wildman–Crippen MR) is 51.9 cm³/mol. The quantitative estimate of drug-likeness (QED) is 0.731. The highest BCUT2D eigenvalue weighted by molar-refractivity contribution is 5.03. The Labute approximate surface area is 78.6 Å². The van der Waals surface area contributed by atoms with Gasteiger partial charge in [0.2, 0.25) is 0 Å². The summed E-state index contributed by atoms with van der Waals surface area (Å²) in [6.07, 6.45) is 4.40. The second kappa shape index (κ2) is 3.85. The van der Waals surface area contributed by atoms with E-state index in [4.69, 9.17) is 5.73 Å². The molecule has 1 aromatic rings. The van der Waals surface area contributed by atoms with E-state index in [1.807, 2.05) is 24.4 Å². The van der Waals surface area contributed by atoms with Gasteiger partial charge in [-0.3, -0.25) is 9.88 Å². The number of pyridine rings is 1. The molecule has 1 atom stereocenters. The van der Waals surface area contributed by atoms with E-state index in [0.717, 1.165) is 25.2 Å². The Bertz CT molecular complexity index is 260. The zero-order valence-electron chi connectivity index (χ0n) is 7.69. The van der Waals surface area contributed by atoms with E-state index < -0.39 is 0 Å². The van der Waals surface area contributed by atoms with Gasteiger partial charge >= 0.3 is 0 Å². The Balaban J connectivity index is 1.98. The highest BCUT2D eigenvalue weighted by Gasteiger charge is 2.20. The molecule has 0 spiro atoms. The normalized spacial score (nSPS) is 23.6. The minimum absolute atomic E-state index is 0.238. The van der Waals surface area contributed by atoms with E-state index in [0.29, 0.717) is 0 Å². The third kappa shape index (κ3) is 2.05. The van der Waals surface area contributed by atoms with Crippen molar-refractivity contribution in [2.45, 2.75) is 25.6 Å². The average molecular weight is 177 g/mol. The lowest BCUT2D eigenvalue weighted by atomic mass is 10.3. The van der Waals surface area contributed by atoms with Crippen LogP contribution in [0.15, 0.2) is 24.4 Å². The zero-order valence-corrected chi connectivity index (χ0v) is 7.69. The molecule has 3 heteroatoms. The molecule has 0 aliphatic carbocycles. The maximum absolute atomic E-state index is 5.92. The summed E-state index contributed by atoms with van der Waals surface area (Å²) >= 11 is 0. The summed E-state index contributed by atoms with van der Waals surface area (Å²) in [5.41, 5.74) is 7.04. The lowest BCUT2D eigenvalue weighted by Gasteiger charge is -2.19. The molecule has 13 heavy (non-hydrogen) atoms. The molecule has 1 unspecified atom stereocenters. The van der Waals surface area contributed by atoms with Crippen molar-refractivity contribution < 1.29 is 0 Å². The van der Waals surface area contributed by atoms with Gasteiger partial charge in [0.25, 0.3) is 0 Å². The van der Waals surface area contributed by atoms with Crippen molar-refractivity contribution in [3.63, 3.8) is 0 Å². The summed E-state index contributed by atoms with van der Waals surface area (Å²) in [5.74, 6) is 0. The number of nitrogens with two attached hydrogens (primary N) is 1. The number of rotatable bonds is 2. The van der Waals surface area contributed by atoms with Gasteiger partial charge in [0.1, 0.15) is 0 Å². The van der Waals surface area contributed by atoms with E-state index in [9.17, 15) is 0 Å². The first-order chi connectivity index (χ1) is 6.36. The van der Waals surface area contributed by atoms with Crippen molar-refractivity contribution in [3.8, 4) is 0 Å². The Kier molecular flexibility index (Phi) is 2.57. The molecule has 2 rings (SSSR count). The van der Waals surface area contributed by atoms with Gasteiger partial charge in [-0.15, -0.1) is 0 Å². The van der Waals surface area contributed by atoms with Crippen LogP contribution in [0, 0.1) is 0 Å². The Morgan fingerprint density at radius 3 is 3.08 bits per heavy atom. The van der Waals surface area contributed by atoms with E-state index in [-0.39, 0.29) is 6.17 Å². The van der Waals surface area contributed by atoms with Crippen LogP contribution in [0.3, 0.4) is 0 Å². The molecule has 70 valence electrons. The summed E-state index contributed by atoms with van der Waals surface area (Å²) in [6, 6.07) is 6.00. The molecule has 1 aromatic heterocycles. The summed E-state index contributed by atoms with van der Waals surface area (Å²) in [4.78, 5) is 6.56. The first-order valence-corrected chi connectivity index (χ1v) is 4.76. The molecule has 0 bridgehead atoms. The van der Waals surface area contributed by atoms with Gasteiger partial charge < -0.3 is 5.73 Å². The third-order valence-corrected chi connectivity index (χ3v) is 2.51. The van der Waals surface area contributed by atoms with Gasteiger partial charge in [-0.2, -0.15) is 0 Å². The topological polar surface area (TPSA) is 42.1 Å². The molecule has 1 saturated heterocycles. The molecule has 1 aliphatic heterocycles. The number of hydrogen-bond donors (Lipinski definition) is 1. The van der Waals surface area contributed by atoms with Crippen molar-refractivity contribution in [1.82, 2.24) is 9.88 Å². The number of aromatic nitrogens is 1. The van der Waals surface area contributed by atoms with Gasteiger partial charge in [0.05, 0.1) is 11.9 Å². The summed E-state index contributed by atoms with van der Waals surface area (Å²) in [7, 11) is 0. The fourth-order valence-corrected chi connectivity index (χ4v) is 1.75. The van der Waals surface area contributed by atoms with Crippen LogP contribution in [0.4, 0.5) is 0 Å². The monoisotopic (exact) mass is 177 g/mol. The second-order valence-electron chi connectivity index (χ2n) is 3.50. The fraction of sp³-hybridized carbons (Fsp3) is 0.500. The molecule has 2 heterocycles. The van der Waals surface area contributed by atoms with Crippen LogP contribution in [0.25, 0.3) is 0 Å². The van der Waals surface area contributed by atoms with Crippen LogP contribution < -0.4 is 5.73 Å². The van der Waals surface area contributed by atoms with Crippen LogP contribution >= 0.6 is 0 Å². The highest BCUT2D eigenvalue weighted by atomic mass is 15.2. The van der Waals surface area contributed by atoms with Crippen LogP contribution in [-0.4, -0.2) is 22.6 Å². The second-order valence-corrected chi connectivity index (χ2v) is 3.50. The largest absolute Gasteiger partial charge is 0.316 e. The Morgan fingerprint density at radius 1 is 1.54 bits per heavy atom. The standard InChI is InChI=1S/C10H15N3/c11-10-5-3-7-13(10)8-9-4-1-2-6-12-9/h1-2,4,6,10H,3,5,7-8,11H2. The minimum atomic E-state index is 0.238. The van der Waals surface area contributed by atoms with E-state index in [2.05, 4.69) is 9.88 Å². The number of likely N-dealkylation sites (tertiary alicyclic amines) is 1. The fourth-order valence-electron chi connectivity index (χ4n) is 1.75. The number of nitrogens with zero attached hydrogens (tertiary/aromatic N) is 2.